The molecule has 0 aromatic heterocycles. The number of nitro benzene ring substituents is 1. The largest absolute Gasteiger partial charge is 0.445 e. The summed E-state index contributed by atoms with van der Waals surface area (Å²) in [6, 6.07) is 13.7. The third-order valence-corrected chi connectivity index (χ3v) is 3.42. The Morgan fingerprint density at radius 2 is 2.00 bits per heavy atom. The van der Waals surface area contributed by atoms with E-state index >= 15 is 0 Å². The molecule has 26 heavy (non-hydrogen) atoms. The van der Waals surface area contributed by atoms with Gasteiger partial charge in [-0.1, -0.05) is 42.2 Å². The highest BCUT2D eigenvalue weighted by molar-refractivity contribution is 5.67. The van der Waals surface area contributed by atoms with Gasteiger partial charge in [0.05, 0.1) is 17.1 Å². The van der Waals surface area contributed by atoms with Crippen LogP contribution in [-0.2, 0) is 18.0 Å². The topological polar surface area (TPSA) is 102 Å². The molecule has 134 valence electrons. The number of nitrogens with zero attached hydrogens (tertiary/aromatic N) is 1. The lowest BCUT2D eigenvalue weighted by molar-refractivity contribution is -0.385. The van der Waals surface area contributed by atoms with Crippen LogP contribution < -0.4 is 5.32 Å². The van der Waals surface area contributed by atoms with Crippen LogP contribution in [-0.4, -0.2) is 22.7 Å². The predicted molar refractivity (Wildman–Crippen MR) is 95.1 cm³/mol. The zero-order valence-corrected chi connectivity index (χ0v) is 14.0. The normalized spacial score (nSPS) is 9.73. The minimum absolute atomic E-state index is 0.165. The van der Waals surface area contributed by atoms with Gasteiger partial charge in [-0.25, -0.2) is 4.79 Å². The van der Waals surface area contributed by atoms with Gasteiger partial charge in [-0.2, -0.15) is 0 Å². The Balaban J connectivity index is 1.77. The summed E-state index contributed by atoms with van der Waals surface area (Å²) in [5.74, 6) is 5.62. The summed E-state index contributed by atoms with van der Waals surface area (Å²) in [4.78, 5) is 21.9. The SMILES string of the molecule is O=C(NCCC#Cc1ccc(CO)c([N+](=O)[O-])c1)OCc1ccccc1. The van der Waals surface area contributed by atoms with Crippen LogP contribution >= 0.6 is 0 Å². The van der Waals surface area contributed by atoms with Crippen LogP contribution in [0.15, 0.2) is 48.5 Å². The summed E-state index contributed by atoms with van der Waals surface area (Å²) in [5.41, 5.74) is 1.45. The van der Waals surface area contributed by atoms with Crippen molar-refractivity contribution in [2.75, 3.05) is 6.54 Å². The van der Waals surface area contributed by atoms with E-state index < -0.39 is 17.6 Å². The first-order chi connectivity index (χ1) is 12.6. The second-order valence-electron chi connectivity index (χ2n) is 5.30. The number of benzene rings is 2. The van der Waals surface area contributed by atoms with Crippen LogP contribution in [0.3, 0.4) is 0 Å². The number of nitrogens with one attached hydrogen (secondary N) is 1. The minimum Gasteiger partial charge on any atom is -0.445 e. The second kappa shape index (κ2) is 9.81. The molecule has 7 nitrogen and oxygen atoms in total. The second-order valence-corrected chi connectivity index (χ2v) is 5.30. The number of ether oxygens (including phenoxy) is 1. The number of hydrogen-bond donors (Lipinski definition) is 2. The number of rotatable bonds is 6. The third kappa shape index (κ3) is 5.92. The molecule has 0 bridgehead atoms. The van der Waals surface area contributed by atoms with Crippen LogP contribution in [0.2, 0.25) is 0 Å². The molecule has 0 unspecified atom stereocenters. The van der Waals surface area contributed by atoms with Crippen LogP contribution in [0.25, 0.3) is 0 Å². The molecule has 2 aromatic carbocycles. The standard InChI is InChI=1S/C19H18N2O5/c22-13-17-10-9-15(12-18(17)21(24)25)6-4-5-11-20-19(23)26-14-16-7-2-1-3-8-16/h1-3,7-10,12,22H,5,11,13-14H2,(H,20,23). The highest BCUT2D eigenvalue weighted by atomic mass is 16.6. The molecule has 0 aliphatic heterocycles. The summed E-state index contributed by atoms with van der Waals surface area (Å²) in [6.45, 7) is 0.0930. The van der Waals surface area contributed by atoms with Gasteiger partial charge in [0.15, 0.2) is 0 Å². The Morgan fingerprint density at radius 3 is 2.69 bits per heavy atom. The number of alkyl carbamates (subject to hydrolysis) is 1. The molecule has 0 atom stereocenters. The molecule has 7 heteroatoms. The molecule has 0 fully saturated rings. The van der Waals surface area contributed by atoms with Gasteiger partial charge in [-0.3, -0.25) is 10.1 Å². The number of nitro groups is 1. The smallest absolute Gasteiger partial charge is 0.407 e. The van der Waals surface area contributed by atoms with Crippen molar-refractivity contribution >= 4 is 11.8 Å². The molecule has 0 heterocycles. The van der Waals surface area contributed by atoms with Crippen molar-refractivity contribution in [1.29, 1.82) is 0 Å². The summed E-state index contributed by atoms with van der Waals surface area (Å²) < 4.78 is 5.06. The lowest BCUT2D eigenvalue weighted by Gasteiger charge is -2.05. The van der Waals surface area contributed by atoms with E-state index in [1.54, 1.807) is 6.07 Å². The van der Waals surface area contributed by atoms with E-state index in [0.29, 0.717) is 18.5 Å². The fourth-order valence-corrected chi connectivity index (χ4v) is 2.11. The zero-order valence-electron chi connectivity index (χ0n) is 14.0. The number of amides is 1. The molecule has 0 radical (unpaired) electrons. The summed E-state index contributed by atoms with van der Waals surface area (Å²) >= 11 is 0. The van der Waals surface area contributed by atoms with Crippen LogP contribution in [0.5, 0.6) is 0 Å². The molecule has 0 aliphatic rings. The Morgan fingerprint density at radius 1 is 1.23 bits per heavy atom. The van der Waals surface area contributed by atoms with Crippen LogP contribution in [0, 0.1) is 22.0 Å². The third-order valence-electron chi connectivity index (χ3n) is 3.42. The van der Waals surface area contributed by atoms with Gasteiger partial charge in [-0.15, -0.1) is 0 Å². The molecule has 0 saturated heterocycles. The van der Waals surface area contributed by atoms with E-state index in [4.69, 9.17) is 9.84 Å². The molecule has 2 N–H and O–H groups in total. The van der Waals surface area contributed by atoms with E-state index in [1.807, 2.05) is 30.3 Å². The fraction of sp³-hybridized carbons (Fsp3) is 0.211. The van der Waals surface area contributed by atoms with Crippen molar-refractivity contribution in [1.82, 2.24) is 5.32 Å². The maximum Gasteiger partial charge on any atom is 0.407 e. The number of aliphatic hydroxyl groups excluding tert-OH is 1. The zero-order chi connectivity index (χ0) is 18.8. The van der Waals surface area contributed by atoms with Gasteiger partial charge in [0, 0.05) is 24.6 Å². The number of hydrogen-bond acceptors (Lipinski definition) is 5. The molecule has 0 saturated carbocycles. The Bertz CT molecular complexity index is 825. The average Bonchev–Trinajstić information content (AvgIpc) is 2.66. The van der Waals surface area contributed by atoms with E-state index in [9.17, 15) is 14.9 Å². The van der Waals surface area contributed by atoms with E-state index in [-0.39, 0.29) is 17.9 Å². The van der Waals surface area contributed by atoms with Crippen molar-refractivity contribution in [3.63, 3.8) is 0 Å². The molecular weight excluding hydrogens is 336 g/mol. The van der Waals surface area contributed by atoms with E-state index in [2.05, 4.69) is 17.2 Å². The summed E-state index contributed by atoms with van der Waals surface area (Å²) in [5, 5.41) is 22.6. The average molecular weight is 354 g/mol. The van der Waals surface area contributed by atoms with Gasteiger partial charge in [0.1, 0.15) is 6.61 Å². The van der Waals surface area contributed by atoms with Gasteiger partial charge in [0.25, 0.3) is 5.69 Å². The molecule has 2 aromatic rings. The number of carbonyl (C=O) groups excluding carboxylic acids is 1. The van der Waals surface area contributed by atoms with Gasteiger partial charge in [0.2, 0.25) is 0 Å². The number of carbonyl (C=O) groups is 1. The molecule has 0 spiro atoms. The summed E-state index contributed by atoms with van der Waals surface area (Å²) in [7, 11) is 0. The first-order valence-corrected chi connectivity index (χ1v) is 7.91. The highest BCUT2D eigenvalue weighted by Crippen LogP contribution is 2.19. The molecule has 1 amide bonds. The molecule has 0 aliphatic carbocycles. The van der Waals surface area contributed by atoms with E-state index in [0.717, 1.165) is 5.56 Å². The lowest BCUT2D eigenvalue weighted by atomic mass is 10.1. The fourth-order valence-electron chi connectivity index (χ4n) is 2.11. The van der Waals surface area contributed by atoms with Crippen molar-refractivity contribution in [2.45, 2.75) is 19.6 Å². The quantitative estimate of drug-likeness (QED) is 0.359. The van der Waals surface area contributed by atoms with Crippen molar-refractivity contribution in [2.24, 2.45) is 0 Å². The van der Waals surface area contributed by atoms with Gasteiger partial charge in [-0.05, 0) is 17.7 Å². The summed E-state index contributed by atoms with van der Waals surface area (Å²) in [6.07, 6.45) is -0.158. The highest BCUT2D eigenvalue weighted by Gasteiger charge is 2.12. The first-order valence-electron chi connectivity index (χ1n) is 7.91. The molecule has 2 rings (SSSR count). The van der Waals surface area contributed by atoms with Crippen molar-refractivity contribution in [3.05, 3.63) is 75.3 Å². The Hall–Kier alpha value is -3.37. The maximum atomic E-state index is 11.6. The monoisotopic (exact) mass is 354 g/mol. The lowest BCUT2D eigenvalue weighted by Crippen LogP contribution is -2.24. The van der Waals surface area contributed by atoms with Gasteiger partial charge >= 0.3 is 6.09 Å². The number of aliphatic hydroxyl groups is 1. The first kappa shape index (κ1) is 19.0. The van der Waals surface area contributed by atoms with E-state index in [1.165, 1.54) is 12.1 Å². The van der Waals surface area contributed by atoms with Crippen LogP contribution in [0.4, 0.5) is 10.5 Å². The van der Waals surface area contributed by atoms with Crippen LogP contribution in [0.1, 0.15) is 23.1 Å². The molecular formula is C19H18N2O5. The van der Waals surface area contributed by atoms with Crippen molar-refractivity contribution in [3.8, 4) is 11.8 Å². The Labute approximate surface area is 150 Å². The predicted octanol–water partition coefficient (Wildman–Crippen LogP) is 2.76. The Kier molecular flexibility index (Phi) is 7.16. The van der Waals surface area contributed by atoms with Crippen molar-refractivity contribution < 1.29 is 19.6 Å². The maximum absolute atomic E-state index is 11.6. The minimum atomic E-state index is -0.555. The van der Waals surface area contributed by atoms with Gasteiger partial charge < -0.3 is 15.2 Å².